The normalized spacial score (nSPS) is 20.8. The van der Waals surface area contributed by atoms with Gasteiger partial charge in [-0.05, 0) is 44.7 Å². The van der Waals surface area contributed by atoms with Gasteiger partial charge < -0.3 is 10.4 Å². The summed E-state index contributed by atoms with van der Waals surface area (Å²) in [6.07, 6.45) is 3.19. The molecular weight excluding hydrogens is 256 g/mol. The Bertz CT molecular complexity index is 350. The fourth-order valence-electron chi connectivity index (χ4n) is 2.07. The molecular formula is C11H22N2O4S. The SMILES string of the molecule is O=C(O)CCCS(=O)(=O)NCCC1CCCNC1. The Morgan fingerprint density at radius 2 is 2.22 bits per heavy atom. The van der Waals surface area contributed by atoms with Crippen molar-refractivity contribution in [3.8, 4) is 0 Å². The van der Waals surface area contributed by atoms with Crippen LogP contribution in [-0.2, 0) is 14.8 Å². The molecule has 106 valence electrons. The molecule has 0 amide bonds. The van der Waals surface area contributed by atoms with Crippen molar-refractivity contribution in [2.75, 3.05) is 25.4 Å². The maximum absolute atomic E-state index is 11.5. The maximum Gasteiger partial charge on any atom is 0.303 e. The van der Waals surface area contributed by atoms with Gasteiger partial charge in [0.05, 0.1) is 5.75 Å². The largest absolute Gasteiger partial charge is 0.481 e. The Morgan fingerprint density at radius 1 is 1.44 bits per heavy atom. The van der Waals surface area contributed by atoms with E-state index in [2.05, 4.69) is 10.0 Å². The summed E-state index contributed by atoms with van der Waals surface area (Å²) in [5.41, 5.74) is 0. The number of carbonyl (C=O) groups is 1. The lowest BCUT2D eigenvalue weighted by molar-refractivity contribution is -0.137. The van der Waals surface area contributed by atoms with Crippen LogP contribution < -0.4 is 10.0 Å². The molecule has 1 fully saturated rings. The van der Waals surface area contributed by atoms with Gasteiger partial charge in [0.25, 0.3) is 0 Å². The van der Waals surface area contributed by atoms with Crippen molar-refractivity contribution in [3.05, 3.63) is 0 Å². The lowest BCUT2D eigenvalue weighted by atomic mass is 9.96. The van der Waals surface area contributed by atoms with Crippen LogP contribution in [0.4, 0.5) is 0 Å². The molecule has 1 saturated heterocycles. The van der Waals surface area contributed by atoms with E-state index >= 15 is 0 Å². The quantitative estimate of drug-likeness (QED) is 0.588. The summed E-state index contributed by atoms with van der Waals surface area (Å²) in [5.74, 6) is -0.527. The van der Waals surface area contributed by atoms with E-state index in [1.54, 1.807) is 0 Å². The Hall–Kier alpha value is -0.660. The molecule has 0 aromatic heterocycles. The predicted molar refractivity (Wildman–Crippen MR) is 68.9 cm³/mol. The van der Waals surface area contributed by atoms with Gasteiger partial charge in [-0.1, -0.05) is 0 Å². The van der Waals surface area contributed by atoms with E-state index in [1.807, 2.05) is 0 Å². The van der Waals surface area contributed by atoms with Crippen LogP contribution in [0, 0.1) is 5.92 Å². The molecule has 3 N–H and O–H groups in total. The second kappa shape index (κ2) is 7.70. The van der Waals surface area contributed by atoms with Crippen molar-refractivity contribution < 1.29 is 18.3 Å². The van der Waals surface area contributed by atoms with Crippen LogP contribution in [0.1, 0.15) is 32.1 Å². The molecule has 0 bridgehead atoms. The van der Waals surface area contributed by atoms with Crippen LogP contribution in [0.25, 0.3) is 0 Å². The molecule has 7 heteroatoms. The van der Waals surface area contributed by atoms with E-state index < -0.39 is 16.0 Å². The van der Waals surface area contributed by atoms with Crippen LogP contribution in [-0.4, -0.2) is 44.9 Å². The van der Waals surface area contributed by atoms with Gasteiger partial charge in [-0.2, -0.15) is 0 Å². The van der Waals surface area contributed by atoms with Crippen molar-refractivity contribution in [2.45, 2.75) is 32.1 Å². The highest BCUT2D eigenvalue weighted by Gasteiger charge is 2.15. The number of rotatable bonds is 8. The predicted octanol–water partition coefficient (Wildman–Crippen LogP) is 0.160. The van der Waals surface area contributed by atoms with Crippen LogP contribution in [0.5, 0.6) is 0 Å². The molecule has 18 heavy (non-hydrogen) atoms. The molecule has 1 rings (SSSR count). The Kier molecular flexibility index (Phi) is 6.59. The van der Waals surface area contributed by atoms with E-state index in [-0.39, 0.29) is 18.6 Å². The second-order valence-corrected chi connectivity index (χ2v) is 6.64. The average Bonchev–Trinajstić information content (AvgIpc) is 2.29. The zero-order chi connectivity index (χ0) is 13.4. The lowest BCUT2D eigenvalue weighted by Gasteiger charge is -2.22. The molecule has 0 saturated carbocycles. The van der Waals surface area contributed by atoms with Crippen LogP contribution >= 0.6 is 0 Å². The lowest BCUT2D eigenvalue weighted by Crippen LogP contribution is -2.34. The number of hydrogen-bond donors (Lipinski definition) is 3. The topological polar surface area (TPSA) is 95.5 Å². The molecule has 0 aromatic carbocycles. The Labute approximate surface area is 108 Å². The first-order valence-corrected chi connectivity index (χ1v) is 8.05. The molecule has 0 aliphatic carbocycles. The first kappa shape index (κ1) is 15.4. The molecule has 1 unspecified atom stereocenters. The minimum Gasteiger partial charge on any atom is -0.481 e. The van der Waals surface area contributed by atoms with Crippen LogP contribution in [0.3, 0.4) is 0 Å². The minimum atomic E-state index is -3.31. The summed E-state index contributed by atoms with van der Waals surface area (Å²) in [6.45, 7) is 2.46. The van der Waals surface area contributed by atoms with E-state index in [0.29, 0.717) is 12.5 Å². The molecule has 1 heterocycles. The summed E-state index contributed by atoms with van der Waals surface area (Å²) in [6, 6.07) is 0. The highest BCUT2D eigenvalue weighted by molar-refractivity contribution is 7.89. The first-order chi connectivity index (χ1) is 8.49. The van der Waals surface area contributed by atoms with E-state index in [1.165, 1.54) is 0 Å². The van der Waals surface area contributed by atoms with Gasteiger partial charge in [-0.3, -0.25) is 4.79 Å². The summed E-state index contributed by atoms with van der Waals surface area (Å²) in [5, 5.41) is 11.7. The third kappa shape index (κ3) is 6.93. The van der Waals surface area contributed by atoms with Crippen LogP contribution in [0.15, 0.2) is 0 Å². The van der Waals surface area contributed by atoms with E-state index in [0.717, 1.165) is 32.4 Å². The van der Waals surface area contributed by atoms with Gasteiger partial charge >= 0.3 is 5.97 Å². The molecule has 1 aliphatic heterocycles. The van der Waals surface area contributed by atoms with Crippen molar-refractivity contribution >= 4 is 16.0 Å². The summed E-state index contributed by atoms with van der Waals surface area (Å²) in [4.78, 5) is 10.3. The number of piperidine rings is 1. The first-order valence-electron chi connectivity index (χ1n) is 6.39. The molecule has 0 spiro atoms. The Morgan fingerprint density at radius 3 is 2.83 bits per heavy atom. The van der Waals surface area contributed by atoms with Crippen molar-refractivity contribution in [2.24, 2.45) is 5.92 Å². The molecule has 1 atom stereocenters. The summed E-state index contributed by atoms with van der Waals surface area (Å²) in [7, 11) is -3.31. The number of carboxylic acids is 1. The van der Waals surface area contributed by atoms with Crippen molar-refractivity contribution in [1.29, 1.82) is 0 Å². The van der Waals surface area contributed by atoms with Crippen molar-refractivity contribution in [1.82, 2.24) is 10.0 Å². The molecule has 1 aliphatic rings. The number of carboxylic acid groups (broad SMARTS) is 1. The zero-order valence-electron chi connectivity index (χ0n) is 10.5. The molecule has 6 nitrogen and oxygen atoms in total. The van der Waals surface area contributed by atoms with Gasteiger partial charge in [0.2, 0.25) is 10.0 Å². The smallest absolute Gasteiger partial charge is 0.303 e. The maximum atomic E-state index is 11.5. The fourth-order valence-corrected chi connectivity index (χ4v) is 3.17. The highest BCUT2D eigenvalue weighted by Crippen LogP contribution is 2.13. The van der Waals surface area contributed by atoms with Gasteiger partial charge in [-0.25, -0.2) is 13.1 Å². The highest BCUT2D eigenvalue weighted by atomic mass is 32.2. The second-order valence-electron chi connectivity index (χ2n) is 4.71. The third-order valence-corrected chi connectivity index (χ3v) is 4.55. The average molecular weight is 278 g/mol. The van der Waals surface area contributed by atoms with E-state index in [4.69, 9.17) is 5.11 Å². The minimum absolute atomic E-state index is 0.104. The van der Waals surface area contributed by atoms with Crippen molar-refractivity contribution in [3.63, 3.8) is 0 Å². The monoisotopic (exact) mass is 278 g/mol. The van der Waals surface area contributed by atoms with Crippen LogP contribution in [0.2, 0.25) is 0 Å². The van der Waals surface area contributed by atoms with Gasteiger partial charge in [0.15, 0.2) is 0 Å². The molecule has 0 aromatic rings. The Balaban J connectivity index is 2.14. The summed E-state index contributed by atoms with van der Waals surface area (Å²) < 4.78 is 25.6. The van der Waals surface area contributed by atoms with Gasteiger partial charge in [0, 0.05) is 13.0 Å². The zero-order valence-corrected chi connectivity index (χ0v) is 11.3. The third-order valence-electron chi connectivity index (χ3n) is 3.08. The van der Waals surface area contributed by atoms with Gasteiger partial charge in [-0.15, -0.1) is 0 Å². The number of nitrogens with one attached hydrogen (secondary N) is 2. The number of hydrogen-bond acceptors (Lipinski definition) is 4. The standard InChI is InChI=1S/C11H22N2O4S/c14-11(15)4-2-8-18(16,17)13-7-5-10-3-1-6-12-9-10/h10,12-13H,1-9H2,(H,14,15). The number of aliphatic carboxylic acids is 1. The summed E-state index contributed by atoms with van der Waals surface area (Å²) >= 11 is 0. The van der Waals surface area contributed by atoms with Gasteiger partial charge in [0.1, 0.15) is 0 Å². The molecule has 0 radical (unpaired) electrons. The number of sulfonamides is 1. The van der Waals surface area contributed by atoms with E-state index in [9.17, 15) is 13.2 Å². The fraction of sp³-hybridized carbons (Fsp3) is 0.909.